The zero-order valence-corrected chi connectivity index (χ0v) is 13.0. The van der Waals surface area contributed by atoms with Gasteiger partial charge in [-0.1, -0.05) is 23.7 Å². The summed E-state index contributed by atoms with van der Waals surface area (Å²) in [6.45, 7) is 0. The third-order valence-corrected chi connectivity index (χ3v) is 4.17. The van der Waals surface area contributed by atoms with E-state index in [4.69, 9.17) is 22.2 Å². The third-order valence-electron chi connectivity index (χ3n) is 2.95. The number of methoxy groups -OCH3 is 1. The van der Waals surface area contributed by atoms with Crippen molar-refractivity contribution in [2.24, 2.45) is 5.84 Å². The van der Waals surface area contributed by atoms with E-state index in [1.165, 1.54) is 13.2 Å². The quantitative estimate of drug-likeness (QED) is 0.645. The zero-order valence-electron chi connectivity index (χ0n) is 10.7. The third kappa shape index (κ3) is 3.12. The molecule has 1 unspecified atom stereocenters. The average molecular weight is 360 g/mol. The lowest BCUT2D eigenvalue weighted by molar-refractivity contribution is 0.385. The molecule has 3 nitrogen and oxygen atoms in total. The minimum absolute atomic E-state index is 0.196. The summed E-state index contributed by atoms with van der Waals surface area (Å²) in [6, 6.07) is 9.81. The number of benzene rings is 2. The van der Waals surface area contributed by atoms with Crippen LogP contribution in [0.2, 0.25) is 5.02 Å². The van der Waals surface area contributed by atoms with Crippen LogP contribution in [0.25, 0.3) is 0 Å². The lowest BCUT2D eigenvalue weighted by Gasteiger charge is -2.18. The van der Waals surface area contributed by atoms with Gasteiger partial charge in [0.15, 0.2) is 11.6 Å². The molecule has 0 saturated carbocycles. The second-order valence-corrected chi connectivity index (χ2v) is 5.43. The number of rotatable bonds is 4. The SMILES string of the molecule is COc1ccc(C(NN)c2ccc(Cl)c(Br)c2)cc1F. The molecule has 2 rings (SSSR count). The molecule has 2 aromatic carbocycles. The zero-order chi connectivity index (χ0) is 14.7. The number of halogens is 3. The number of hydrogen-bond donors (Lipinski definition) is 2. The van der Waals surface area contributed by atoms with Crippen molar-refractivity contribution in [1.29, 1.82) is 0 Å². The van der Waals surface area contributed by atoms with E-state index in [9.17, 15) is 4.39 Å². The van der Waals surface area contributed by atoms with Crippen molar-refractivity contribution in [1.82, 2.24) is 5.43 Å². The number of nitrogens with two attached hydrogens (primary N) is 1. The first-order valence-corrected chi connectivity index (χ1v) is 6.98. The maximum absolute atomic E-state index is 13.8. The van der Waals surface area contributed by atoms with E-state index in [1.54, 1.807) is 18.2 Å². The summed E-state index contributed by atoms with van der Waals surface area (Å²) < 4.78 is 19.4. The Kier molecular flexibility index (Phi) is 4.99. The standard InChI is InChI=1S/C14H13BrClFN2O/c1-20-13-5-3-9(7-12(13)17)14(19-18)8-2-4-11(16)10(15)6-8/h2-7,14,19H,18H2,1H3. The number of hydrogen-bond acceptors (Lipinski definition) is 3. The van der Waals surface area contributed by atoms with Crippen LogP contribution in [0.1, 0.15) is 17.2 Å². The molecule has 0 aliphatic carbocycles. The van der Waals surface area contributed by atoms with Crippen LogP contribution in [-0.2, 0) is 0 Å². The maximum atomic E-state index is 13.8. The number of ether oxygens (including phenoxy) is 1. The molecule has 1 atom stereocenters. The molecule has 0 heterocycles. The molecule has 0 bridgehead atoms. The second-order valence-electron chi connectivity index (χ2n) is 4.17. The van der Waals surface area contributed by atoms with Crippen molar-refractivity contribution in [3.8, 4) is 5.75 Å². The molecule has 0 aromatic heterocycles. The fraction of sp³-hybridized carbons (Fsp3) is 0.143. The van der Waals surface area contributed by atoms with Gasteiger partial charge in [0.05, 0.1) is 18.2 Å². The molecular weight excluding hydrogens is 347 g/mol. The van der Waals surface area contributed by atoms with Gasteiger partial charge in [0.2, 0.25) is 0 Å². The Morgan fingerprint density at radius 3 is 2.45 bits per heavy atom. The topological polar surface area (TPSA) is 47.3 Å². The summed E-state index contributed by atoms with van der Waals surface area (Å²) in [4.78, 5) is 0. The molecule has 0 spiro atoms. The molecule has 0 saturated heterocycles. The normalized spacial score (nSPS) is 12.2. The van der Waals surface area contributed by atoms with Gasteiger partial charge in [-0.25, -0.2) is 9.82 Å². The van der Waals surface area contributed by atoms with E-state index in [2.05, 4.69) is 21.4 Å². The monoisotopic (exact) mass is 358 g/mol. The van der Waals surface area contributed by atoms with Gasteiger partial charge in [-0.15, -0.1) is 0 Å². The summed E-state index contributed by atoms with van der Waals surface area (Å²) in [5.41, 5.74) is 4.24. The molecule has 6 heteroatoms. The van der Waals surface area contributed by atoms with Crippen LogP contribution in [0.5, 0.6) is 5.75 Å². The molecule has 2 aromatic rings. The van der Waals surface area contributed by atoms with Crippen molar-refractivity contribution in [3.63, 3.8) is 0 Å². The van der Waals surface area contributed by atoms with Gasteiger partial charge in [0.1, 0.15) is 0 Å². The minimum atomic E-state index is -0.432. The van der Waals surface area contributed by atoms with Crippen LogP contribution in [-0.4, -0.2) is 7.11 Å². The molecule has 3 N–H and O–H groups in total. The Bertz CT molecular complexity index is 624. The van der Waals surface area contributed by atoms with Crippen molar-refractivity contribution in [3.05, 3.63) is 62.8 Å². The van der Waals surface area contributed by atoms with E-state index < -0.39 is 5.82 Å². The molecule has 0 amide bonds. The van der Waals surface area contributed by atoms with Crippen LogP contribution in [0.3, 0.4) is 0 Å². The smallest absolute Gasteiger partial charge is 0.165 e. The Hall–Kier alpha value is -1.14. The number of nitrogens with one attached hydrogen (secondary N) is 1. The van der Waals surface area contributed by atoms with Crippen LogP contribution >= 0.6 is 27.5 Å². The van der Waals surface area contributed by atoms with Crippen LogP contribution in [0.4, 0.5) is 4.39 Å². The first-order chi connectivity index (χ1) is 9.56. The van der Waals surface area contributed by atoms with Crippen LogP contribution in [0, 0.1) is 5.82 Å². The van der Waals surface area contributed by atoms with Gasteiger partial charge in [-0.2, -0.15) is 0 Å². The van der Waals surface area contributed by atoms with Gasteiger partial charge in [0, 0.05) is 4.47 Å². The van der Waals surface area contributed by atoms with Gasteiger partial charge in [0.25, 0.3) is 0 Å². The molecular formula is C14H13BrClFN2O. The van der Waals surface area contributed by atoms with Crippen LogP contribution < -0.4 is 16.0 Å². The van der Waals surface area contributed by atoms with Crippen molar-refractivity contribution in [2.45, 2.75) is 6.04 Å². The van der Waals surface area contributed by atoms with E-state index >= 15 is 0 Å². The first-order valence-electron chi connectivity index (χ1n) is 5.81. The lowest BCUT2D eigenvalue weighted by atomic mass is 9.99. The Morgan fingerprint density at radius 2 is 1.90 bits per heavy atom. The highest BCUT2D eigenvalue weighted by Gasteiger charge is 2.15. The highest BCUT2D eigenvalue weighted by molar-refractivity contribution is 9.10. The number of hydrazine groups is 1. The molecule has 106 valence electrons. The van der Waals surface area contributed by atoms with Gasteiger partial charge < -0.3 is 4.74 Å². The summed E-state index contributed by atoms with van der Waals surface area (Å²) in [7, 11) is 1.42. The fourth-order valence-electron chi connectivity index (χ4n) is 1.94. The molecule has 0 aliphatic rings. The maximum Gasteiger partial charge on any atom is 0.165 e. The predicted molar refractivity (Wildman–Crippen MR) is 81.3 cm³/mol. The van der Waals surface area contributed by atoms with Crippen molar-refractivity contribution < 1.29 is 9.13 Å². The van der Waals surface area contributed by atoms with E-state index in [0.717, 1.165) is 10.0 Å². The largest absolute Gasteiger partial charge is 0.494 e. The van der Waals surface area contributed by atoms with Crippen molar-refractivity contribution in [2.75, 3.05) is 7.11 Å². The van der Waals surface area contributed by atoms with E-state index in [1.807, 2.05) is 12.1 Å². The van der Waals surface area contributed by atoms with Crippen LogP contribution in [0.15, 0.2) is 40.9 Å². The van der Waals surface area contributed by atoms with Gasteiger partial charge in [-0.3, -0.25) is 5.84 Å². The van der Waals surface area contributed by atoms with E-state index in [0.29, 0.717) is 10.6 Å². The molecule has 0 aliphatic heterocycles. The minimum Gasteiger partial charge on any atom is -0.494 e. The fourth-order valence-corrected chi connectivity index (χ4v) is 2.45. The first kappa shape index (κ1) is 15.3. The Morgan fingerprint density at radius 1 is 1.25 bits per heavy atom. The Labute approximate surface area is 130 Å². The van der Waals surface area contributed by atoms with E-state index in [-0.39, 0.29) is 11.8 Å². The molecule has 0 radical (unpaired) electrons. The summed E-state index contributed by atoms with van der Waals surface area (Å²) in [5, 5.41) is 0.602. The predicted octanol–water partition coefficient (Wildman–Crippen LogP) is 3.80. The average Bonchev–Trinajstić information content (AvgIpc) is 2.44. The van der Waals surface area contributed by atoms with Crippen molar-refractivity contribution >= 4 is 27.5 Å². The summed E-state index contributed by atoms with van der Waals surface area (Å²) >= 11 is 9.32. The van der Waals surface area contributed by atoms with Gasteiger partial charge >= 0.3 is 0 Å². The highest BCUT2D eigenvalue weighted by Crippen LogP contribution is 2.30. The second kappa shape index (κ2) is 6.54. The molecule has 0 fully saturated rings. The summed E-state index contributed by atoms with van der Waals surface area (Å²) in [6.07, 6.45) is 0. The van der Waals surface area contributed by atoms with Gasteiger partial charge in [-0.05, 0) is 51.3 Å². The Balaban J connectivity index is 2.41. The highest BCUT2D eigenvalue weighted by atomic mass is 79.9. The molecule has 20 heavy (non-hydrogen) atoms. The summed E-state index contributed by atoms with van der Waals surface area (Å²) in [5.74, 6) is 5.36. The lowest BCUT2D eigenvalue weighted by Crippen LogP contribution is -2.28.